The highest BCUT2D eigenvalue weighted by Gasteiger charge is 2.49. The van der Waals surface area contributed by atoms with Crippen molar-refractivity contribution in [3.63, 3.8) is 0 Å². The van der Waals surface area contributed by atoms with Gasteiger partial charge in [0.15, 0.2) is 0 Å². The molecule has 174 valence electrons. The fourth-order valence-corrected chi connectivity index (χ4v) is 5.44. The standard InChI is InChI=1S/C23H27ClF3N3O2/c1-15-13-30-18(21(31)23(25,26)27)5-7-20(30)22(28(15)2)8-10-29(11-9-22)14-16-4-6-19(32-3)17(24)12-16/h4-7,12,15H,8-11,13-14H2,1-3H3/t15-/m1/s1. The molecule has 1 spiro atoms. The molecule has 32 heavy (non-hydrogen) atoms. The van der Waals surface area contributed by atoms with Gasteiger partial charge in [-0.05, 0) is 56.6 Å². The molecule has 1 fully saturated rings. The first-order chi connectivity index (χ1) is 15.1. The minimum atomic E-state index is -4.88. The van der Waals surface area contributed by atoms with Crippen LogP contribution in [0, 0.1) is 0 Å². The molecule has 2 aliphatic rings. The SMILES string of the molecule is COc1ccc(CN2CCC3(CC2)c2ccc(C(=O)C(F)(F)F)n2C[C@@H](C)N3C)cc1Cl. The van der Waals surface area contributed by atoms with Crippen molar-refractivity contribution in [3.8, 4) is 5.75 Å². The van der Waals surface area contributed by atoms with Gasteiger partial charge in [-0.25, -0.2) is 0 Å². The van der Waals surface area contributed by atoms with E-state index in [0.717, 1.165) is 43.7 Å². The molecule has 1 aromatic carbocycles. The van der Waals surface area contributed by atoms with E-state index < -0.39 is 17.5 Å². The highest BCUT2D eigenvalue weighted by atomic mass is 35.5. The summed E-state index contributed by atoms with van der Waals surface area (Å²) < 4.78 is 46.2. The molecule has 0 N–H and O–H groups in total. The number of carbonyl (C=O) groups is 1. The maximum atomic E-state index is 13.1. The van der Waals surface area contributed by atoms with Crippen molar-refractivity contribution in [2.45, 2.75) is 50.6 Å². The number of ketones is 1. The lowest BCUT2D eigenvalue weighted by molar-refractivity contribution is -0.0894. The average molecular weight is 470 g/mol. The lowest BCUT2D eigenvalue weighted by Crippen LogP contribution is -2.59. The summed E-state index contributed by atoms with van der Waals surface area (Å²) in [6.07, 6.45) is -3.35. The van der Waals surface area contributed by atoms with Crippen molar-refractivity contribution >= 4 is 17.4 Å². The van der Waals surface area contributed by atoms with Gasteiger partial charge in [0.05, 0.1) is 23.4 Å². The van der Waals surface area contributed by atoms with Gasteiger partial charge in [-0.3, -0.25) is 14.6 Å². The lowest BCUT2D eigenvalue weighted by Gasteiger charge is -2.53. The molecule has 1 aromatic heterocycles. The summed E-state index contributed by atoms with van der Waals surface area (Å²) in [7, 11) is 3.61. The van der Waals surface area contributed by atoms with Crippen LogP contribution in [0.5, 0.6) is 5.75 Å². The van der Waals surface area contributed by atoms with Crippen molar-refractivity contribution in [1.82, 2.24) is 14.4 Å². The van der Waals surface area contributed by atoms with Gasteiger partial charge < -0.3 is 9.30 Å². The van der Waals surface area contributed by atoms with Gasteiger partial charge in [0, 0.05) is 37.9 Å². The van der Waals surface area contributed by atoms with Crippen LogP contribution in [0.3, 0.4) is 0 Å². The Morgan fingerprint density at radius 2 is 1.91 bits per heavy atom. The molecule has 0 saturated carbocycles. The molecular weight excluding hydrogens is 443 g/mol. The minimum absolute atomic E-state index is 0.0154. The highest BCUT2D eigenvalue weighted by Crippen LogP contribution is 2.44. The molecule has 1 atom stereocenters. The smallest absolute Gasteiger partial charge is 0.456 e. The van der Waals surface area contributed by atoms with Crippen LogP contribution in [0.4, 0.5) is 13.2 Å². The second kappa shape index (κ2) is 8.39. The average Bonchev–Trinajstić information content (AvgIpc) is 3.16. The quantitative estimate of drug-likeness (QED) is 0.607. The van der Waals surface area contributed by atoms with Crippen LogP contribution in [0.15, 0.2) is 30.3 Å². The van der Waals surface area contributed by atoms with Crippen LogP contribution >= 0.6 is 11.6 Å². The maximum absolute atomic E-state index is 13.1. The number of methoxy groups -OCH3 is 1. The number of piperidine rings is 1. The molecule has 1 saturated heterocycles. The van der Waals surface area contributed by atoms with Crippen molar-refractivity contribution in [3.05, 3.63) is 52.3 Å². The Morgan fingerprint density at radius 1 is 1.22 bits per heavy atom. The number of benzene rings is 1. The third-order valence-electron chi connectivity index (χ3n) is 7.04. The fourth-order valence-electron chi connectivity index (χ4n) is 5.16. The number of aromatic nitrogens is 1. The Bertz CT molecular complexity index is 1010. The van der Waals surface area contributed by atoms with Gasteiger partial charge in [0.25, 0.3) is 5.78 Å². The molecule has 9 heteroatoms. The number of likely N-dealkylation sites (N-methyl/N-ethyl adjacent to an activating group) is 1. The van der Waals surface area contributed by atoms with Gasteiger partial charge in [-0.2, -0.15) is 13.2 Å². The number of rotatable bonds is 4. The molecule has 2 aliphatic heterocycles. The summed E-state index contributed by atoms with van der Waals surface area (Å²) in [6, 6.07) is 8.81. The minimum Gasteiger partial charge on any atom is -0.495 e. The first kappa shape index (κ1) is 23.1. The molecule has 0 bridgehead atoms. The van der Waals surface area contributed by atoms with Crippen LogP contribution in [0.2, 0.25) is 5.02 Å². The van der Waals surface area contributed by atoms with Crippen LogP contribution < -0.4 is 4.74 Å². The zero-order valence-electron chi connectivity index (χ0n) is 18.4. The van der Waals surface area contributed by atoms with E-state index in [2.05, 4.69) is 9.80 Å². The second-order valence-electron chi connectivity index (χ2n) is 8.78. The van der Waals surface area contributed by atoms with E-state index in [1.807, 2.05) is 32.2 Å². The topological polar surface area (TPSA) is 37.7 Å². The van der Waals surface area contributed by atoms with Crippen molar-refractivity contribution in [2.75, 3.05) is 27.2 Å². The number of alkyl halides is 3. The molecule has 2 aromatic rings. The van der Waals surface area contributed by atoms with Gasteiger partial charge >= 0.3 is 6.18 Å². The number of Topliss-reactive ketones (excluding diaryl/α,β-unsaturated/α-hetero) is 1. The Labute approximate surface area is 190 Å². The summed E-state index contributed by atoms with van der Waals surface area (Å²) in [5, 5.41) is 0.569. The second-order valence-corrected chi connectivity index (χ2v) is 9.19. The number of hydrogen-bond acceptors (Lipinski definition) is 4. The fraction of sp³-hybridized carbons (Fsp3) is 0.522. The van der Waals surface area contributed by atoms with Gasteiger partial charge in [-0.15, -0.1) is 0 Å². The van der Waals surface area contributed by atoms with E-state index in [0.29, 0.717) is 17.3 Å². The maximum Gasteiger partial charge on any atom is 0.456 e. The van der Waals surface area contributed by atoms with Crippen molar-refractivity contribution < 1.29 is 22.7 Å². The summed E-state index contributed by atoms with van der Waals surface area (Å²) in [4.78, 5) is 16.6. The Morgan fingerprint density at radius 3 is 2.50 bits per heavy atom. The molecule has 0 radical (unpaired) electrons. The van der Waals surface area contributed by atoms with Gasteiger partial charge in [0.2, 0.25) is 0 Å². The molecule has 0 unspecified atom stereocenters. The monoisotopic (exact) mass is 469 g/mol. The largest absolute Gasteiger partial charge is 0.495 e. The van der Waals surface area contributed by atoms with Crippen molar-refractivity contribution in [1.29, 1.82) is 0 Å². The summed E-state index contributed by atoms with van der Waals surface area (Å²) in [5.41, 5.74) is 1.23. The van der Waals surface area contributed by atoms with E-state index in [9.17, 15) is 18.0 Å². The predicted molar refractivity (Wildman–Crippen MR) is 116 cm³/mol. The Kier molecular flexibility index (Phi) is 6.07. The predicted octanol–water partition coefficient (Wildman–Crippen LogP) is 4.72. The third-order valence-corrected chi connectivity index (χ3v) is 7.33. The van der Waals surface area contributed by atoms with Crippen molar-refractivity contribution in [2.24, 2.45) is 0 Å². The number of hydrogen-bond donors (Lipinski definition) is 0. The highest BCUT2D eigenvalue weighted by molar-refractivity contribution is 6.32. The molecule has 0 amide bonds. The number of halogens is 4. The molecule has 4 rings (SSSR count). The Hall–Kier alpha value is -2.03. The summed E-state index contributed by atoms with van der Waals surface area (Å²) in [5.74, 6) is -1.14. The van der Waals surface area contributed by atoms with E-state index in [4.69, 9.17) is 16.3 Å². The molecule has 3 heterocycles. The number of fused-ring (bicyclic) bond motifs is 2. The first-order valence-electron chi connectivity index (χ1n) is 10.7. The van der Waals surface area contributed by atoms with Crippen LogP contribution in [-0.2, 0) is 18.6 Å². The number of carbonyl (C=O) groups excluding carboxylic acids is 1. The molecule has 0 aliphatic carbocycles. The zero-order chi connectivity index (χ0) is 23.3. The zero-order valence-corrected chi connectivity index (χ0v) is 19.1. The van der Waals surface area contributed by atoms with E-state index >= 15 is 0 Å². The number of nitrogens with zero attached hydrogens (tertiary/aromatic N) is 3. The van der Waals surface area contributed by atoms with Gasteiger partial charge in [0.1, 0.15) is 5.75 Å². The van der Waals surface area contributed by atoms with Crippen LogP contribution in [-0.4, -0.2) is 59.6 Å². The third kappa shape index (κ3) is 3.93. The van der Waals surface area contributed by atoms with Gasteiger partial charge in [-0.1, -0.05) is 17.7 Å². The van der Waals surface area contributed by atoms with Crippen LogP contribution in [0.1, 0.15) is 41.5 Å². The molecular formula is C23H27ClF3N3O2. The Balaban J connectivity index is 1.56. The summed E-state index contributed by atoms with van der Waals surface area (Å²) in [6.45, 7) is 4.67. The van der Waals surface area contributed by atoms with E-state index in [-0.39, 0.29) is 11.7 Å². The normalized spacial score (nSPS) is 21.5. The first-order valence-corrected chi connectivity index (χ1v) is 11.0. The summed E-state index contributed by atoms with van der Waals surface area (Å²) >= 11 is 6.25. The van der Waals surface area contributed by atoms with Crippen LogP contribution in [0.25, 0.3) is 0 Å². The molecule has 5 nitrogen and oxygen atoms in total. The number of ether oxygens (including phenoxy) is 1. The lowest BCUT2D eigenvalue weighted by atomic mass is 9.80. The van der Waals surface area contributed by atoms with E-state index in [1.165, 1.54) is 6.07 Å². The van der Waals surface area contributed by atoms with E-state index in [1.54, 1.807) is 17.7 Å². The number of likely N-dealkylation sites (tertiary alicyclic amines) is 1.